The van der Waals surface area contributed by atoms with Crippen molar-refractivity contribution < 1.29 is 13.9 Å². The summed E-state index contributed by atoms with van der Waals surface area (Å²) < 4.78 is 18.7. The van der Waals surface area contributed by atoms with Gasteiger partial charge in [0.1, 0.15) is 0 Å². The third-order valence-corrected chi connectivity index (χ3v) is 5.73. The molecule has 5 heteroatoms. The molecule has 1 aromatic rings. The highest BCUT2D eigenvalue weighted by Gasteiger charge is 2.38. The zero-order valence-corrected chi connectivity index (χ0v) is 15.3. The molecule has 138 valence electrons. The fourth-order valence-electron chi connectivity index (χ4n) is 4.44. The van der Waals surface area contributed by atoms with Gasteiger partial charge in [-0.1, -0.05) is 13.0 Å². The number of ether oxygens (including phenoxy) is 1. The van der Waals surface area contributed by atoms with Crippen molar-refractivity contribution in [2.75, 3.05) is 26.7 Å². The van der Waals surface area contributed by atoms with E-state index in [1.54, 1.807) is 6.07 Å². The maximum Gasteiger partial charge on any atom is 0.223 e. The molecule has 1 aromatic carbocycles. The number of likely N-dealkylation sites (N-methyl/N-ethyl adjacent to an activating group) is 1. The van der Waals surface area contributed by atoms with E-state index in [4.69, 9.17) is 4.74 Å². The van der Waals surface area contributed by atoms with Gasteiger partial charge in [-0.2, -0.15) is 0 Å². The molecular formula is C20H29FN2O2. The van der Waals surface area contributed by atoms with Gasteiger partial charge in [0.2, 0.25) is 5.91 Å². The number of hydrogen-bond donors (Lipinski definition) is 0. The molecule has 0 spiro atoms. The van der Waals surface area contributed by atoms with Crippen molar-refractivity contribution in [3.8, 4) is 5.75 Å². The van der Waals surface area contributed by atoms with Crippen LogP contribution in [0.5, 0.6) is 5.75 Å². The van der Waals surface area contributed by atoms with Gasteiger partial charge >= 0.3 is 0 Å². The Morgan fingerprint density at radius 3 is 2.72 bits per heavy atom. The van der Waals surface area contributed by atoms with Crippen LogP contribution in [-0.4, -0.2) is 54.5 Å². The molecule has 0 aliphatic carbocycles. The van der Waals surface area contributed by atoms with Crippen molar-refractivity contribution in [3.05, 3.63) is 29.6 Å². The second-order valence-corrected chi connectivity index (χ2v) is 7.10. The molecule has 0 saturated carbocycles. The van der Waals surface area contributed by atoms with Gasteiger partial charge < -0.3 is 9.64 Å². The van der Waals surface area contributed by atoms with E-state index >= 15 is 0 Å². The summed E-state index contributed by atoms with van der Waals surface area (Å²) in [6, 6.07) is 5.83. The van der Waals surface area contributed by atoms with E-state index in [9.17, 15) is 9.18 Å². The molecular weight excluding hydrogens is 319 g/mol. The largest absolute Gasteiger partial charge is 0.494 e. The molecule has 2 atom stereocenters. The third-order valence-electron chi connectivity index (χ3n) is 5.73. The van der Waals surface area contributed by atoms with Gasteiger partial charge in [-0.15, -0.1) is 0 Å². The van der Waals surface area contributed by atoms with Crippen LogP contribution in [0.15, 0.2) is 18.2 Å². The summed E-state index contributed by atoms with van der Waals surface area (Å²) in [5.41, 5.74) is 0.846. The molecule has 2 aliphatic heterocycles. The van der Waals surface area contributed by atoms with Gasteiger partial charge in [0.15, 0.2) is 11.6 Å². The standard InChI is InChI=1S/C20H29FN2O2/c1-3-22-12-4-6-17(22)18-7-5-13-23(18)20(24)11-9-15-8-10-19(25-2)16(21)14-15/h8,10,14,17-18H,3-7,9,11-13H2,1-2H3/t17-,18-/m0/s1. The summed E-state index contributed by atoms with van der Waals surface area (Å²) in [6.45, 7) is 5.30. The monoisotopic (exact) mass is 348 g/mol. The number of aryl methyl sites for hydroxylation is 1. The van der Waals surface area contributed by atoms with Crippen molar-refractivity contribution in [2.24, 2.45) is 0 Å². The van der Waals surface area contributed by atoms with Crippen LogP contribution in [0, 0.1) is 5.82 Å². The molecule has 4 nitrogen and oxygen atoms in total. The normalized spacial score (nSPS) is 24.0. The number of rotatable bonds is 6. The Hall–Kier alpha value is -1.62. The van der Waals surface area contributed by atoms with Crippen molar-refractivity contribution in [3.63, 3.8) is 0 Å². The first kappa shape index (κ1) is 18.2. The van der Waals surface area contributed by atoms with Crippen LogP contribution >= 0.6 is 0 Å². The zero-order valence-electron chi connectivity index (χ0n) is 15.3. The smallest absolute Gasteiger partial charge is 0.223 e. The molecule has 0 unspecified atom stereocenters. The highest BCUT2D eigenvalue weighted by atomic mass is 19.1. The van der Waals surface area contributed by atoms with Crippen molar-refractivity contribution in [2.45, 2.75) is 57.5 Å². The maximum atomic E-state index is 13.8. The Morgan fingerprint density at radius 1 is 1.24 bits per heavy atom. The lowest BCUT2D eigenvalue weighted by molar-refractivity contribution is -0.133. The Morgan fingerprint density at radius 2 is 2.00 bits per heavy atom. The van der Waals surface area contributed by atoms with Gasteiger partial charge in [-0.3, -0.25) is 9.69 Å². The highest BCUT2D eigenvalue weighted by Crippen LogP contribution is 2.30. The molecule has 2 heterocycles. The number of amides is 1. The van der Waals surface area contributed by atoms with E-state index in [1.165, 1.54) is 26.0 Å². The van der Waals surface area contributed by atoms with E-state index < -0.39 is 0 Å². The van der Waals surface area contributed by atoms with Crippen molar-refractivity contribution in [1.82, 2.24) is 9.80 Å². The molecule has 2 saturated heterocycles. The minimum Gasteiger partial charge on any atom is -0.494 e. The third kappa shape index (κ3) is 3.97. The molecule has 1 amide bonds. The summed E-state index contributed by atoms with van der Waals surface area (Å²) >= 11 is 0. The van der Waals surface area contributed by atoms with Crippen molar-refractivity contribution in [1.29, 1.82) is 0 Å². The number of carbonyl (C=O) groups is 1. The molecule has 0 radical (unpaired) electrons. The van der Waals surface area contributed by atoms with E-state index in [0.717, 1.165) is 38.0 Å². The Labute approximate surface area is 149 Å². The average molecular weight is 348 g/mol. The van der Waals surface area contributed by atoms with Crippen LogP contribution in [0.25, 0.3) is 0 Å². The molecule has 0 aromatic heterocycles. The SMILES string of the molecule is CCN1CCC[C@H]1[C@@H]1CCCN1C(=O)CCc1ccc(OC)c(F)c1. The summed E-state index contributed by atoms with van der Waals surface area (Å²) in [6.07, 6.45) is 5.67. The lowest BCUT2D eigenvalue weighted by Crippen LogP contribution is -2.48. The Bertz CT molecular complexity index is 607. The van der Waals surface area contributed by atoms with Crippen LogP contribution in [0.3, 0.4) is 0 Å². The van der Waals surface area contributed by atoms with Gasteiger partial charge in [0.25, 0.3) is 0 Å². The quantitative estimate of drug-likeness (QED) is 0.791. The second-order valence-electron chi connectivity index (χ2n) is 7.10. The van der Waals surface area contributed by atoms with Crippen LogP contribution in [0.2, 0.25) is 0 Å². The van der Waals surface area contributed by atoms with Crippen LogP contribution in [0.1, 0.15) is 44.6 Å². The molecule has 2 fully saturated rings. The fourth-order valence-corrected chi connectivity index (χ4v) is 4.44. The maximum absolute atomic E-state index is 13.8. The lowest BCUT2D eigenvalue weighted by Gasteiger charge is -2.34. The first-order chi connectivity index (χ1) is 12.1. The molecule has 0 N–H and O–H groups in total. The number of likely N-dealkylation sites (tertiary alicyclic amines) is 2. The van der Waals surface area contributed by atoms with E-state index in [2.05, 4.69) is 16.7 Å². The second kappa shape index (κ2) is 8.17. The summed E-state index contributed by atoms with van der Waals surface area (Å²) in [7, 11) is 1.46. The predicted octanol–water partition coefficient (Wildman–Crippen LogP) is 3.24. The van der Waals surface area contributed by atoms with E-state index in [-0.39, 0.29) is 17.5 Å². The summed E-state index contributed by atoms with van der Waals surface area (Å²) in [5, 5.41) is 0. The van der Waals surface area contributed by atoms with Gasteiger partial charge in [-0.05, 0) is 62.9 Å². The van der Waals surface area contributed by atoms with Crippen LogP contribution < -0.4 is 4.74 Å². The molecule has 25 heavy (non-hydrogen) atoms. The zero-order chi connectivity index (χ0) is 17.8. The number of halogens is 1. The van der Waals surface area contributed by atoms with Crippen molar-refractivity contribution >= 4 is 5.91 Å². The fraction of sp³-hybridized carbons (Fsp3) is 0.650. The first-order valence-electron chi connectivity index (χ1n) is 9.50. The van der Waals surface area contributed by atoms with E-state index in [1.807, 2.05) is 6.07 Å². The number of carbonyl (C=O) groups excluding carboxylic acids is 1. The van der Waals surface area contributed by atoms with Gasteiger partial charge in [0.05, 0.1) is 7.11 Å². The Balaban J connectivity index is 1.59. The number of methoxy groups -OCH3 is 1. The number of benzene rings is 1. The average Bonchev–Trinajstić information content (AvgIpc) is 3.27. The predicted molar refractivity (Wildman–Crippen MR) is 96.3 cm³/mol. The first-order valence-corrected chi connectivity index (χ1v) is 9.50. The van der Waals surface area contributed by atoms with Gasteiger partial charge in [0, 0.05) is 25.0 Å². The minimum atomic E-state index is -0.365. The summed E-state index contributed by atoms with van der Waals surface area (Å²) in [5.74, 6) is 0.0910. The van der Waals surface area contributed by atoms with E-state index in [0.29, 0.717) is 24.9 Å². The van der Waals surface area contributed by atoms with Crippen LogP contribution in [-0.2, 0) is 11.2 Å². The molecule has 2 aliphatic rings. The lowest BCUT2D eigenvalue weighted by atomic mass is 10.0. The summed E-state index contributed by atoms with van der Waals surface area (Å²) in [4.78, 5) is 17.4. The minimum absolute atomic E-state index is 0.210. The number of hydrogen-bond acceptors (Lipinski definition) is 3. The topological polar surface area (TPSA) is 32.8 Å². The Kier molecular flexibility index (Phi) is 5.94. The molecule has 0 bridgehead atoms. The van der Waals surface area contributed by atoms with Crippen LogP contribution in [0.4, 0.5) is 4.39 Å². The highest BCUT2D eigenvalue weighted by molar-refractivity contribution is 5.77. The van der Waals surface area contributed by atoms with Gasteiger partial charge in [-0.25, -0.2) is 4.39 Å². The number of nitrogens with zero attached hydrogens (tertiary/aromatic N) is 2. The molecule has 3 rings (SSSR count).